The van der Waals surface area contributed by atoms with Crippen LogP contribution in [0, 0.1) is 0 Å². The van der Waals surface area contributed by atoms with Gasteiger partial charge >= 0.3 is 10.4 Å². The molecule has 0 saturated heterocycles. The van der Waals surface area contributed by atoms with Crippen LogP contribution in [0.25, 0.3) is 0 Å². The van der Waals surface area contributed by atoms with Gasteiger partial charge in [-0.05, 0) is 18.2 Å². The van der Waals surface area contributed by atoms with Crippen LogP contribution in [0.5, 0.6) is 0 Å². The monoisotopic (exact) mass is 440 g/mol. The molecule has 6 nitrogen and oxygen atoms in total. The van der Waals surface area contributed by atoms with Crippen molar-refractivity contribution in [2.24, 2.45) is 0 Å². The molecule has 0 heterocycles. The average Bonchev–Trinajstić information content (AvgIpc) is 1.98. The molecular weight excluding hydrogens is 436 g/mol. The van der Waals surface area contributed by atoms with Crippen LogP contribution >= 0.6 is 48.0 Å². The van der Waals surface area contributed by atoms with E-state index in [1.54, 1.807) is 0 Å². The molecule has 16 heavy (non-hydrogen) atoms. The summed E-state index contributed by atoms with van der Waals surface area (Å²) in [5.41, 5.74) is 3.87. The van der Waals surface area contributed by atoms with Gasteiger partial charge in [-0.25, -0.2) is 0 Å². The maximum absolute atomic E-state index is 8.74. The predicted octanol–water partition coefficient (Wildman–Crippen LogP) is 2.79. The molecule has 0 radical (unpaired) electrons. The molecule has 0 saturated carbocycles. The van der Waals surface area contributed by atoms with Crippen LogP contribution < -0.4 is 9.88 Å². The van der Waals surface area contributed by atoms with Gasteiger partial charge in [0.1, 0.15) is 0 Å². The van der Waals surface area contributed by atoms with Crippen molar-refractivity contribution in [3.05, 3.63) is 27.1 Å². The van der Waals surface area contributed by atoms with Crippen molar-refractivity contribution < 1.29 is 17.5 Å². The van der Waals surface area contributed by atoms with Crippen LogP contribution in [0.4, 0.5) is 5.69 Å². The molecule has 0 unspecified atom stereocenters. The third kappa shape index (κ3) is 10.8. The van der Waals surface area contributed by atoms with Crippen molar-refractivity contribution >= 4 is 64.1 Å². The first-order valence-corrected chi connectivity index (χ1v) is 7.27. The molecule has 10 heteroatoms. The van der Waals surface area contributed by atoms with Gasteiger partial charge in [0.05, 0.1) is 5.69 Å². The first-order chi connectivity index (χ1) is 7.22. The highest BCUT2D eigenvalue weighted by atomic mass is 79.9. The Labute approximate surface area is 118 Å². The lowest BCUT2D eigenvalue weighted by molar-refractivity contribution is 0.381. The summed E-state index contributed by atoms with van der Waals surface area (Å²) in [6, 6.07) is 5.89. The van der Waals surface area contributed by atoms with Gasteiger partial charge in [0.25, 0.3) is 0 Å². The number of anilines is 1. The summed E-state index contributed by atoms with van der Waals surface area (Å²) in [7, 11) is -4.67. The summed E-state index contributed by atoms with van der Waals surface area (Å²) in [6.07, 6.45) is 0. The second-order valence-electron chi connectivity index (χ2n) is 2.33. The second-order valence-corrected chi connectivity index (χ2v) is 5.45. The van der Waals surface area contributed by atoms with E-state index in [1.807, 2.05) is 18.2 Å². The fraction of sp³-hybridized carbons (Fsp3) is 0. The predicted molar refractivity (Wildman–Crippen MR) is 71.7 cm³/mol. The van der Waals surface area contributed by atoms with Gasteiger partial charge in [-0.1, -0.05) is 31.9 Å². The number of nitrogens with one attached hydrogen (secondary N) is 2. The van der Waals surface area contributed by atoms with E-state index in [4.69, 9.17) is 17.5 Å². The molecule has 1 aromatic carbocycles. The van der Waals surface area contributed by atoms with Crippen LogP contribution in [0.2, 0.25) is 0 Å². The van der Waals surface area contributed by atoms with Gasteiger partial charge in [0.2, 0.25) is 0 Å². The maximum Gasteiger partial charge on any atom is 0.394 e. The van der Waals surface area contributed by atoms with Gasteiger partial charge < -0.3 is 5.43 Å². The minimum absolute atomic E-state index is 0.975. The Kier molecular flexibility index (Phi) is 7.72. The van der Waals surface area contributed by atoms with E-state index >= 15 is 0 Å². The molecule has 0 aliphatic rings. The molecule has 0 aliphatic carbocycles. The van der Waals surface area contributed by atoms with Gasteiger partial charge in [-0.15, -0.1) is 0 Å². The highest BCUT2D eigenvalue weighted by molar-refractivity contribution is 9.11. The van der Waals surface area contributed by atoms with Crippen LogP contribution in [-0.2, 0) is 10.4 Å². The number of hydrogen-bond donors (Lipinski definition) is 4. The van der Waals surface area contributed by atoms with Crippen molar-refractivity contribution in [1.29, 1.82) is 0 Å². The van der Waals surface area contributed by atoms with Crippen molar-refractivity contribution in [2.45, 2.75) is 0 Å². The zero-order valence-corrected chi connectivity index (χ0v) is 13.1. The minimum atomic E-state index is -4.67. The number of hydrogen-bond acceptors (Lipinski definition) is 4. The highest BCUT2D eigenvalue weighted by Crippen LogP contribution is 2.22. The molecular formula is C6H7Br3N2O4S. The first-order valence-electron chi connectivity index (χ1n) is 3.50. The lowest BCUT2D eigenvalue weighted by Crippen LogP contribution is -2.07. The van der Waals surface area contributed by atoms with Gasteiger partial charge in [-0.3, -0.25) is 9.11 Å². The first kappa shape index (κ1) is 16.3. The Bertz CT molecular complexity index is 411. The fourth-order valence-corrected chi connectivity index (χ4v) is 2.20. The third-order valence-corrected chi connectivity index (χ3v) is 2.17. The molecule has 0 spiro atoms. The summed E-state index contributed by atoms with van der Waals surface area (Å²) in [5, 5.41) is 0. The van der Waals surface area contributed by atoms with Crippen LogP contribution in [0.3, 0.4) is 0 Å². The Balaban J connectivity index is 0.000000385. The Morgan fingerprint density at radius 1 is 1.06 bits per heavy atom. The lowest BCUT2D eigenvalue weighted by atomic mass is 10.3. The van der Waals surface area contributed by atoms with E-state index in [0.29, 0.717) is 0 Å². The standard InChI is InChI=1S/C6H5Br3N2.H2O4S/c7-4-1-5(8)3-6(2-4)10-11-9;1-5(2,3)4/h1-3,10-11H;(H2,1,2,3,4). The molecule has 0 atom stereocenters. The topological polar surface area (TPSA) is 98.7 Å². The van der Waals surface area contributed by atoms with Crippen molar-refractivity contribution in [2.75, 3.05) is 5.43 Å². The molecule has 0 bridgehead atoms. The average molecular weight is 443 g/mol. The van der Waals surface area contributed by atoms with Crippen molar-refractivity contribution in [3.8, 4) is 0 Å². The van der Waals surface area contributed by atoms with E-state index in [1.165, 1.54) is 0 Å². The number of hydrazine groups is 1. The molecule has 0 fully saturated rings. The smallest absolute Gasteiger partial charge is 0.312 e. The Morgan fingerprint density at radius 2 is 1.44 bits per heavy atom. The summed E-state index contributed by atoms with van der Waals surface area (Å²) in [4.78, 5) is 0. The Hall–Kier alpha value is 0.290. The zero-order valence-electron chi connectivity index (χ0n) is 7.49. The van der Waals surface area contributed by atoms with Crippen LogP contribution in [-0.4, -0.2) is 17.5 Å². The quantitative estimate of drug-likeness (QED) is 0.319. The van der Waals surface area contributed by atoms with Crippen LogP contribution in [0.15, 0.2) is 27.1 Å². The maximum atomic E-state index is 8.74. The highest BCUT2D eigenvalue weighted by Gasteiger charge is 1.94. The summed E-state index contributed by atoms with van der Waals surface area (Å²) < 4.78 is 36.3. The molecule has 0 aliphatic heterocycles. The third-order valence-electron chi connectivity index (χ3n) is 1.05. The second kappa shape index (κ2) is 7.58. The number of halogens is 3. The van der Waals surface area contributed by atoms with Gasteiger partial charge in [0, 0.05) is 25.1 Å². The van der Waals surface area contributed by atoms with E-state index in [9.17, 15) is 0 Å². The van der Waals surface area contributed by atoms with Gasteiger partial charge in [0.15, 0.2) is 0 Å². The zero-order chi connectivity index (χ0) is 12.8. The molecule has 1 aromatic rings. The molecule has 1 rings (SSSR count). The van der Waals surface area contributed by atoms with E-state index in [0.717, 1.165) is 14.6 Å². The summed E-state index contributed by atoms with van der Waals surface area (Å²) in [5.74, 6) is 0. The summed E-state index contributed by atoms with van der Waals surface area (Å²) in [6.45, 7) is 0. The van der Waals surface area contributed by atoms with Crippen LogP contribution in [0.1, 0.15) is 0 Å². The fourth-order valence-electron chi connectivity index (χ4n) is 0.681. The largest absolute Gasteiger partial charge is 0.394 e. The van der Waals surface area contributed by atoms with E-state index in [-0.39, 0.29) is 0 Å². The molecule has 92 valence electrons. The van der Waals surface area contributed by atoms with Crippen molar-refractivity contribution in [3.63, 3.8) is 0 Å². The van der Waals surface area contributed by atoms with Crippen molar-refractivity contribution in [1.82, 2.24) is 4.45 Å². The molecule has 0 amide bonds. The number of rotatable bonds is 2. The lowest BCUT2D eigenvalue weighted by Gasteiger charge is -2.03. The Morgan fingerprint density at radius 3 is 1.75 bits per heavy atom. The minimum Gasteiger partial charge on any atom is -0.312 e. The van der Waals surface area contributed by atoms with E-state index in [2.05, 4.69) is 57.9 Å². The number of benzene rings is 1. The normalized spacial score (nSPS) is 10.3. The molecule has 4 N–H and O–H groups in total. The van der Waals surface area contributed by atoms with Gasteiger partial charge in [-0.2, -0.15) is 12.9 Å². The molecule has 0 aromatic heterocycles. The summed E-state index contributed by atoms with van der Waals surface area (Å²) >= 11 is 9.78. The SMILES string of the molecule is BrNNc1cc(Br)cc(Br)c1.O=S(=O)(O)O. The van der Waals surface area contributed by atoms with E-state index < -0.39 is 10.4 Å².